The zero-order valence-electron chi connectivity index (χ0n) is 12.1. The van der Waals surface area contributed by atoms with Gasteiger partial charge in [0.15, 0.2) is 0 Å². The number of hydrogen-bond acceptors (Lipinski definition) is 4. The molecule has 1 aliphatic carbocycles. The van der Waals surface area contributed by atoms with Crippen molar-refractivity contribution in [2.75, 3.05) is 21.2 Å². The molecule has 0 saturated carbocycles. The van der Waals surface area contributed by atoms with Crippen LogP contribution in [0.2, 0.25) is 0 Å². The Labute approximate surface area is 132 Å². The molecule has 2 rings (SSSR count). The van der Waals surface area contributed by atoms with Gasteiger partial charge in [-0.05, 0) is 45.3 Å². The monoisotopic (exact) mass is 346 g/mol. The Kier molecular flexibility index (Phi) is 4.49. The summed E-state index contributed by atoms with van der Waals surface area (Å²) in [6.45, 7) is 0. The Hall–Kier alpha value is -2.06. The van der Waals surface area contributed by atoms with Crippen LogP contribution >= 0.6 is 15.9 Å². The minimum atomic E-state index is -0.225. The first-order valence-corrected chi connectivity index (χ1v) is 7.15. The minimum Gasteiger partial charge on any atom is -0.496 e. The van der Waals surface area contributed by atoms with Crippen LogP contribution in [-0.4, -0.2) is 31.9 Å². The highest BCUT2D eigenvalue weighted by Crippen LogP contribution is 2.35. The lowest BCUT2D eigenvalue weighted by molar-refractivity contribution is -0.111. The molecule has 0 bridgehead atoms. The molecule has 1 aromatic rings. The van der Waals surface area contributed by atoms with Crippen LogP contribution in [0.5, 0.6) is 5.75 Å². The lowest BCUT2D eigenvalue weighted by Crippen LogP contribution is -2.10. The fourth-order valence-corrected chi connectivity index (χ4v) is 2.77. The van der Waals surface area contributed by atoms with Crippen LogP contribution in [0.25, 0.3) is 6.08 Å². The number of rotatable bonds is 4. The smallest absolute Gasteiger partial charge is 0.201 e. The molecule has 0 heterocycles. The molecule has 108 valence electrons. The van der Waals surface area contributed by atoms with Crippen molar-refractivity contribution in [3.05, 3.63) is 45.1 Å². The maximum atomic E-state index is 12.4. The maximum absolute atomic E-state index is 12.4. The van der Waals surface area contributed by atoms with Crippen molar-refractivity contribution in [3.63, 3.8) is 0 Å². The van der Waals surface area contributed by atoms with Crippen molar-refractivity contribution in [1.29, 1.82) is 5.26 Å². The molecule has 4 nitrogen and oxygen atoms in total. The largest absolute Gasteiger partial charge is 0.496 e. The van der Waals surface area contributed by atoms with Crippen LogP contribution in [0.3, 0.4) is 0 Å². The van der Waals surface area contributed by atoms with E-state index in [1.165, 1.54) is 0 Å². The topological polar surface area (TPSA) is 53.3 Å². The summed E-state index contributed by atoms with van der Waals surface area (Å²) in [4.78, 5) is 14.1. The number of Topliss-reactive ketones (excluding diaryl/α,β-unsaturated/α-hetero) is 1. The van der Waals surface area contributed by atoms with Gasteiger partial charge in [-0.25, -0.2) is 0 Å². The summed E-state index contributed by atoms with van der Waals surface area (Å²) in [7, 11) is 5.17. The zero-order valence-corrected chi connectivity index (χ0v) is 13.7. The third kappa shape index (κ3) is 3.17. The summed E-state index contributed by atoms with van der Waals surface area (Å²) in [5.41, 5.74) is 2.78. The molecule has 0 aromatic heterocycles. The number of carbonyl (C=O) groups excluding carboxylic acids is 1. The lowest BCUT2D eigenvalue weighted by atomic mass is 10.0. The van der Waals surface area contributed by atoms with Crippen molar-refractivity contribution in [2.24, 2.45) is 0 Å². The van der Waals surface area contributed by atoms with E-state index in [4.69, 9.17) is 10.00 Å². The zero-order chi connectivity index (χ0) is 15.6. The second-order valence-electron chi connectivity index (χ2n) is 4.98. The highest BCUT2D eigenvalue weighted by Gasteiger charge is 2.23. The standard InChI is InChI=1S/C16H15BrN2O2/c1-19(2)9-13(8-18)16(20)12-4-10-6-14(17)15(21-3)7-11(10)5-12/h5-7,9H,4H2,1-3H3/b13-9+. The number of ether oxygens (including phenoxy) is 1. The van der Waals surface area contributed by atoms with Crippen LogP contribution in [-0.2, 0) is 11.2 Å². The first-order valence-electron chi connectivity index (χ1n) is 6.36. The van der Waals surface area contributed by atoms with Gasteiger partial charge in [-0.3, -0.25) is 4.79 Å². The van der Waals surface area contributed by atoms with Gasteiger partial charge in [-0.2, -0.15) is 5.26 Å². The Morgan fingerprint density at radius 1 is 1.48 bits per heavy atom. The molecule has 0 saturated heterocycles. The Morgan fingerprint density at radius 3 is 2.76 bits per heavy atom. The van der Waals surface area contributed by atoms with Crippen molar-refractivity contribution in [2.45, 2.75) is 6.42 Å². The summed E-state index contributed by atoms with van der Waals surface area (Å²) in [5, 5.41) is 9.13. The van der Waals surface area contributed by atoms with Gasteiger partial charge in [0.1, 0.15) is 17.4 Å². The third-order valence-electron chi connectivity index (χ3n) is 3.17. The Balaban J connectivity index is 2.33. The molecule has 0 aliphatic heterocycles. The van der Waals surface area contributed by atoms with E-state index in [0.29, 0.717) is 12.0 Å². The Bertz CT molecular complexity index is 697. The van der Waals surface area contributed by atoms with E-state index in [0.717, 1.165) is 21.3 Å². The number of hydrogen-bond donors (Lipinski definition) is 0. The second-order valence-corrected chi connectivity index (χ2v) is 5.83. The molecule has 0 unspecified atom stereocenters. The predicted molar refractivity (Wildman–Crippen MR) is 84.8 cm³/mol. The SMILES string of the molecule is COc1cc2c(cc1Br)CC(C(=O)/C(C#N)=C/N(C)C)=C2. The summed E-state index contributed by atoms with van der Waals surface area (Å²) in [5.74, 6) is 0.500. The van der Waals surface area contributed by atoms with Crippen LogP contribution in [0, 0.1) is 11.3 Å². The summed E-state index contributed by atoms with van der Waals surface area (Å²) in [6, 6.07) is 5.81. The summed E-state index contributed by atoms with van der Waals surface area (Å²) in [6.07, 6.45) is 3.90. The summed E-state index contributed by atoms with van der Waals surface area (Å²) < 4.78 is 6.11. The Morgan fingerprint density at radius 2 is 2.19 bits per heavy atom. The summed E-state index contributed by atoms with van der Waals surface area (Å²) >= 11 is 3.44. The van der Waals surface area contributed by atoms with Gasteiger partial charge in [0.05, 0.1) is 11.6 Å². The van der Waals surface area contributed by atoms with Crippen LogP contribution < -0.4 is 4.74 Å². The molecule has 0 fully saturated rings. The van der Waals surface area contributed by atoms with Crippen molar-refractivity contribution >= 4 is 27.8 Å². The first-order chi connectivity index (χ1) is 9.96. The second kappa shape index (κ2) is 6.15. The van der Waals surface area contributed by atoms with E-state index in [9.17, 15) is 4.79 Å². The molecule has 0 radical (unpaired) electrons. The third-order valence-corrected chi connectivity index (χ3v) is 3.79. The molecule has 0 spiro atoms. The number of halogens is 1. The minimum absolute atomic E-state index is 0.144. The molecule has 1 aromatic carbocycles. The first kappa shape index (κ1) is 15.3. The van der Waals surface area contributed by atoms with E-state index in [1.807, 2.05) is 24.3 Å². The molecule has 1 aliphatic rings. The van der Waals surface area contributed by atoms with E-state index in [-0.39, 0.29) is 11.4 Å². The van der Waals surface area contributed by atoms with Gasteiger partial charge >= 0.3 is 0 Å². The molecular formula is C16H15BrN2O2. The number of nitrogens with zero attached hydrogens (tertiary/aromatic N) is 2. The van der Waals surface area contributed by atoms with Gasteiger partial charge in [0, 0.05) is 32.3 Å². The van der Waals surface area contributed by atoms with Gasteiger partial charge in [0.25, 0.3) is 0 Å². The number of ketones is 1. The van der Waals surface area contributed by atoms with Crippen molar-refractivity contribution in [3.8, 4) is 11.8 Å². The number of carbonyl (C=O) groups is 1. The van der Waals surface area contributed by atoms with Crippen LogP contribution in [0.4, 0.5) is 0 Å². The molecule has 0 atom stereocenters. The molecule has 21 heavy (non-hydrogen) atoms. The number of methoxy groups -OCH3 is 1. The van der Waals surface area contributed by atoms with E-state index >= 15 is 0 Å². The van der Waals surface area contributed by atoms with Gasteiger partial charge < -0.3 is 9.64 Å². The van der Waals surface area contributed by atoms with E-state index < -0.39 is 0 Å². The fourth-order valence-electron chi connectivity index (χ4n) is 2.21. The van der Waals surface area contributed by atoms with Crippen LogP contribution in [0.1, 0.15) is 11.1 Å². The number of nitriles is 1. The lowest BCUT2D eigenvalue weighted by Gasteiger charge is -2.07. The molecule has 0 N–H and O–H groups in total. The normalized spacial score (nSPS) is 13.3. The molecular weight excluding hydrogens is 332 g/mol. The van der Waals surface area contributed by atoms with E-state index in [1.54, 1.807) is 32.3 Å². The molecule has 0 amide bonds. The van der Waals surface area contributed by atoms with Crippen molar-refractivity contribution < 1.29 is 9.53 Å². The number of fused-ring (bicyclic) bond motifs is 1. The van der Waals surface area contributed by atoms with Crippen LogP contribution in [0.15, 0.2) is 34.0 Å². The maximum Gasteiger partial charge on any atom is 0.201 e. The number of allylic oxidation sites excluding steroid dienone is 2. The van der Waals surface area contributed by atoms with E-state index in [2.05, 4.69) is 15.9 Å². The average Bonchev–Trinajstić information content (AvgIpc) is 2.85. The fraction of sp³-hybridized carbons (Fsp3) is 0.250. The average molecular weight is 347 g/mol. The predicted octanol–water partition coefficient (Wildman–Crippen LogP) is 2.94. The highest BCUT2D eigenvalue weighted by atomic mass is 79.9. The van der Waals surface area contributed by atoms with Gasteiger partial charge in [-0.15, -0.1) is 0 Å². The number of benzene rings is 1. The van der Waals surface area contributed by atoms with Gasteiger partial charge in [0.2, 0.25) is 5.78 Å². The molecule has 5 heteroatoms. The quantitative estimate of drug-likeness (QED) is 0.621. The highest BCUT2D eigenvalue weighted by molar-refractivity contribution is 9.10. The van der Waals surface area contributed by atoms with Gasteiger partial charge in [-0.1, -0.05) is 0 Å². The van der Waals surface area contributed by atoms with Crippen molar-refractivity contribution in [1.82, 2.24) is 4.90 Å².